The molecule has 0 spiro atoms. The summed E-state index contributed by atoms with van der Waals surface area (Å²) in [7, 11) is 6.71. The molecule has 0 amide bonds. The summed E-state index contributed by atoms with van der Waals surface area (Å²) in [4.78, 5) is 4.28. The first kappa shape index (κ1) is 18.0. The van der Waals surface area contributed by atoms with Crippen LogP contribution in [0.15, 0.2) is 29.3 Å². The lowest BCUT2D eigenvalue weighted by Gasteiger charge is -2.18. The second-order valence-corrected chi connectivity index (χ2v) is 5.54. The van der Waals surface area contributed by atoms with Gasteiger partial charge in [0.2, 0.25) is 0 Å². The standard InChI is InChI=1S/C18H27N3O3/c1-19-18(21-13-7-5-6-8-13)20-10-9-15-16(23-3)11-14(22-2)12-17(15)24-4/h5-6,11-13H,7-10H2,1-4H3,(H2,19,20,21). The first-order valence-electron chi connectivity index (χ1n) is 8.12. The van der Waals surface area contributed by atoms with Crippen LogP contribution in [0.2, 0.25) is 0 Å². The highest BCUT2D eigenvalue weighted by Gasteiger charge is 2.14. The second kappa shape index (κ2) is 9.05. The van der Waals surface area contributed by atoms with E-state index in [9.17, 15) is 0 Å². The van der Waals surface area contributed by atoms with Crippen LogP contribution in [0.4, 0.5) is 0 Å². The molecule has 2 N–H and O–H groups in total. The van der Waals surface area contributed by atoms with Gasteiger partial charge in [-0.15, -0.1) is 0 Å². The summed E-state index contributed by atoms with van der Waals surface area (Å²) in [5.74, 6) is 3.05. The third-order valence-corrected chi connectivity index (χ3v) is 4.06. The number of hydrogen-bond donors (Lipinski definition) is 2. The van der Waals surface area contributed by atoms with Crippen LogP contribution in [0.1, 0.15) is 18.4 Å². The van der Waals surface area contributed by atoms with Crippen molar-refractivity contribution in [3.8, 4) is 17.2 Å². The lowest BCUT2D eigenvalue weighted by Crippen LogP contribution is -2.43. The molecule has 1 aromatic rings. The molecule has 1 aliphatic carbocycles. The molecule has 2 rings (SSSR count). The van der Waals surface area contributed by atoms with E-state index in [-0.39, 0.29) is 0 Å². The highest BCUT2D eigenvalue weighted by Crippen LogP contribution is 2.34. The van der Waals surface area contributed by atoms with Gasteiger partial charge < -0.3 is 24.8 Å². The van der Waals surface area contributed by atoms with E-state index in [1.165, 1.54) is 0 Å². The average Bonchev–Trinajstić information content (AvgIpc) is 3.13. The fraction of sp³-hybridized carbons (Fsp3) is 0.500. The van der Waals surface area contributed by atoms with Gasteiger partial charge in [-0.1, -0.05) is 12.2 Å². The summed E-state index contributed by atoms with van der Waals surface area (Å²) in [5, 5.41) is 6.77. The Labute approximate surface area is 143 Å². The number of ether oxygens (including phenoxy) is 3. The number of nitrogens with zero attached hydrogens (tertiary/aromatic N) is 1. The van der Waals surface area contributed by atoms with Crippen molar-refractivity contribution in [2.75, 3.05) is 34.9 Å². The third kappa shape index (κ3) is 4.57. The number of nitrogens with one attached hydrogen (secondary N) is 2. The molecule has 0 unspecified atom stereocenters. The van der Waals surface area contributed by atoms with E-state index in [2.05, 4.69) is 27.8 Å². The zero-order chi connectivity index (χ0) is 17.4. The number of hydrogen-bond acceptors (Lipinski definition) is 4. The molecule has 132 valence electrons. The Bertz CT molecular complexity index is 566. The van der Waals surface area contributed by atoms with Crippen LogP contribution < -0.4 is 24.8 Å². The van der Waals surface area contributed by atoms with Gasteiger partial charge in [-0.25, -0.2) is 0 Å². The number of methoxy groups -OCH3 is 3. The molecule has 0 atom stereocenters. The van der Waals surface area contributed by atoms with E-state index in [4.69, 9.17) is 14.2 Å². The van der Waals surface area contributed by atoms with E-state index in [1.54, 1.807) is 28.4 Å². The summed E-state index contributed by atoms with van der Waals surface area (Å²) in [6.07, 6.45) is 7.22. The molecule has 0 fully saturated rings. The minimum atomic E-state index is 0.432. The van der Waals surface area contributed by atoms with Gasteiger partial charge in [0.05, 0.1) is 21.3 Å². The van der Waals surface area contributed by atoms with Crippen molar-refractivity contribution in [2.45, 2.75) is 25.3 Å². The van der Waals surface area contributed by atoms with Crippen LogP contribution >= 0.6 is 0 Å². The van der Waals surface area contributed by atoms with Crippen molar-refractivity contribution in [3.63, 3.8) is 0 Å². The predicted octanol–water partition coefficient (Wildman–Crippen LogP) is 2.14. The highest BCUT2D eigenvalue weighted by atomic mass is 16.5. The van der Waals surface area contributed by atoms with E-state index < -0.39 is 0 Å². The Morgan fingerprint density at radius 2 is 1.71 bits per heavy atom. The maximum atomic E-state index is 5.48. The van der Waals surface area contributed by atoms with E-state index >= 15 is 0 Å². The van der Waals surface area contributed by atoms with E-state index in [1.807, 2.05) is 12.1 Å². The van der Waals surface area contributed by atoms with Gasteiger partial charge in [0.25, 0.3) is 0 Å². The van der Waals surface area contributed by atoms with Crippen molar-refractivity contribution in [1.82, 2.24) is 10.6 Å². The molecule has 6 nitrogen and oxygen atoms in total. The zero-order valence-electron chi connectivity index (χ0n) is 14.9. The topological polar surface area (TPSA) is 64.1 Å². The number of benzene rings is 1. The molecule has 0 heterocycles. The van der Waals surface area contributed by atoms with Crippen molar-refractivity contribution in [2.24, 2.45) is 4.99 Å². The number of aliphatic imine (C=N–C) groups is 1. The van der Waals surface area contributed by atoms with Crippen LogP contribution in [0, 0.1) is 0 Å². The highest BCUT2D eigenvalue weighted by molar-refractivity contribution is 5.80. The SMILES string of the molecule is CN=C(NCCc1c(OC)cc(OC)cc1OC)NC1CC=CC1. The van der Waals surface area contributed by atoms with Crippen molar-refractivity contribution in [1.29, 1.82) is 0 Å². The van der Waals surface area contributed by atoms with Gasteiger partial charge in [0.15, 0.2) is 5.96 Å². The lowest BCUT2D eigenvalue weighted by molar-refractivity contribution is 0.368. The molecule has 1 aromatic carbocycles. The lowest BCUT2D eigenvalue weighted by atomic mass is 10.1. The summed E-state index contributed by atoms with van der Waals surface area (Å²) >= 11 is 0. The molecule has 6 heteroatoms. The van der Waals surface area contributed by atoms with Crippen LogP contribution in [-0.2, 0) is 6.42 Å². The molecule has 24 heavy (non-hydrogen) atoms. The molecule has 1 aliphatic rings. The molecule has 0 saturated heterocycles. The minimum Gasteiger partial charge on any atom is -0.496 e. The molecule has 0 aliphatic heterocycles. The fourth-order valence-corrected chi connectivity index (χ4v) is 2.75. The molecule has 0 radical (unpaired) electrons. The van der Waals surface area contributed by atoms with Gasteiger partial charge >= 0.3 is 0 Å². The van der Waals surface area contributed by atoms with Crippen LogP contribution in [-0.4, -0.2) is 46.9 Å². The van der Waals surface area contributed by atoms with E-state index in [0.29, 0.717) is 11.8 Å². The monoisotopic (exact) mass is 333 g/mol. The first-order chi connectivity index (χ1) is 11.7. The Morgan fingerprint density at radius 1 is 1.08 bits per heavy atom. The maximum Gasteiger partial charge on any atom is 0.191 e. The quantitative estimate of drug-likeness (QED) is 0.455. The van der Waals surface area contributed by atoms with Crippen LogP contribution in [0.5, 0.6) is 17.2 Å². The Hall–Kier alpha value is -2.37. The normalized spacial score (nSPS) is 14.6. The largest absolute Gasteiger partial charge is 0.496 e. The summed E-state index contributed by atoms with van der Waals surface area (Å²) in [5.41, 5.74) is 1.01. The molecule has 0 saturated carbocycles. The second-order valence-electron chi connectivity index (χ2n) is 5.54. The molecular weight excluding hydrogens is 306 g/mol. The predicted molar refractivity (Wildman–Crippen MR) is 96.5 cm³/mol. The summed E-state index contributed by atoms with van der Waals surface area (Å²) < 4.78 is 16.2. The Kier molecular flexibility index (Phi) is 6.78. The first-order valence-corrected chi connectivity index (χ1v) is 8.12. The zero-order valence-corrected chi connectivity index (χ0v) is 14.9. The Morgan fingerprint density at radius 3 is 2.21 bits per heavy atom. The summed E-state index contributed by atoms with van der Waals surface area (Å²) in [6.45, 7) is 0.721. The van der Waals surface area contributed by atoms with E-state index in [0.717, 1.165) is 48.8 Å². The third-order valence-electron chi connectivity index (χ3n) is 4.06. The molecule has 0 bridgehead atoms. The van der Waals surface area contributed by atoms with Gasteiger partial charge in [-0.2, -0.15) is 0 Å². The summed E-state index contributed by atoms with van der Waals surface area (Å²) in [6, 6.07) is 4.17. The Balaban J connectivity index is 1.97. The van der Waals surface area contributed by atoms with Crippen molar-refractivity contribution >= 4 is 5.96 Å². The van der Waals surface area contributed by atoms with Gasteiger partial charge in [-0.05, 0) is 19.3 Å². The number of guanidine groups is 1. The van der Waals surface area contributed by atoms with Crippen molar-refractivity contribution < 1.29 is 14.2 Å². The van der Waals surface area contributed by atoms with Gasteiger partial charge in [-0.3, -0.25) is 4.99 Å². The van der Waals surface area contributed by atoms with Gasteiger partial charge in [0.1, 0.15) is 17.2 Å². The fourth-order valence-electron chi connectivity index (χ4n) is 2.75. The van der Waals surface area contributed by atoms with Gasteiger partial charge in [0, 0.05) is 37.3 Å². The van der Waals surface area contributed by atoms with Crippen LogP contribution in [0.25, 0.3) is 0 Å². The number of rotatable bonds is 7. The minimum absolute atomic E-state index is 0.432. The maximum absolute atomic E-state index is 5.48. The van der Waals surface area contributed by atoms with Crippen molar-refractivity contribution in [3.05, 3.63) is 29.8 Å². The molecule has 0 aromatic heterocycles. The smallest absolute Gasteiger partial charge is 0.191 e. The molecular formula is C18H27N3O3. The van der Waals surface area contributed by atoms with Crippen LogP contribution in [0.3, 0.4) is 0 Å². The average molecular weight is 333 g/mol.